The van der Waals surface area contributed by atoms with Gasteiger partial charge in [-0.05, 0) is 37.1 Å². The molecule has 0 bridgehead atoms. The highest BCUT2D eigenvalue weighted by Crippen LogP contribution is 2.41. The number of benzene rings is 1. The number of hydrogen-bond acceptors (Lipinski definition) is 4. The third-order valence-corrected chi connectivity index (χ3v) is 5.51. The maximum absolute atomic E-state index is 12.7. The number of ether oxygens (including phenoxy) is 2. The summed E-state index contributed by atoms with van der Waals surface area (Å²) in [5.41, 5.74) is 0.722. The molecule has 2 heterocycles. The number of Topliss-reactive ketones (excluding diaryl/α,β-unsaturated/α-hetero) is 1. The summed E-state index contributed by atoms with van der Waals surface area (Å²) in [6.45, 7) is 0.709. The van der Waals surface area contributed by atoms with E-state index in [0.717, 1.165) is 42.1 Å². The molecule has 4 heteroatoms. The Bertz CT molecular complexity index is 494. The first-order valence-corrected chi connectivity index (χ1v) is 8.28. The largest absolute Gasteiger partial charge is 0.497 e. The lowest BCUT2D eigenvalue weighted by atomic mass is 9.81. The quantitative estimate of drug-likeness (QED) is 0.802. The Kier molecular flexibility index (Phi) is 4.03. The maximum atomic E-state index is 12.7. The van der Waals surface area contributed by atoms with Crippen LogP contribution in [-0.4, -0.2) is 36.6 Å². The van der Waals surface area contributed by atoms with Gasteiger partial charge in [-0.2, -0.15) is 11.8 Å². The maximum Gasteiger partial charge on any atom is 0.166 e. The van der Waals surface area contributed by atoms with Gasteiger partial charge in [0, 0.05) is 23.8 Å². The lowest BCUT2D eigenvalue weighted by Gasteiger charge is -2.37. The topological polar surface area (TPSA) is 35.5 Å². The molecule has 2 aliphatic rings. The van der Waals surface area contributed by atoms with E-state index in [4.69, 9.17) is 9.47 Å². The molecule has 0 radical (unpaired) electrons. The summed E-state index contributed by atoms with van der Waals surface area (Å²) in [7, 11) is 1.63. The Morgan fingerprint density at radius 3 is 3.15 bits per heavy atom. The summed E-state index contributed by atoms with van der Waals surface area (Å²) in [6, 6.07) is 7.48. The Morgan fingerprint density at radius 2 is 2.40 bits per heavy atom. The summed E-state index contributed by atoms with van der Waals surface area (Å²) < 4.78 is 11.2. The molecule has 0 aromatic heterocycles. The van der Waals surface area contributed by atoms with Crippen molar-refractivity contribution in [3.63, 3.8) is 0 Å². The zero-order valence-corrected chi connectivity index (χ0v) is 12.6. The normalized spacial score (nSPS) is 29.6. The SMILES string of the molecule is COc1cccc(C(=O)C2CCOC3(CCSC3)C2)c1. The van der Waals surface area contributed by atoms with Gasteiger partial charge >= 0.3 is 0 Å². The van der Waals surface area contributed by atoms with Crippen LogP contribution in [-0.2, 0) is 4.74 Å². The number of thioether (sulfide) groups is 1. The summed E-state index contributed by atoms with van der Waals surface area (Å²) in [5, 5.41) is 0. The van der Waals surface area contributed by atoms with E-state index in [1.54, 1.807) is 7.11 Å². The van der Waals surface area contributed by atoms with Gasteiger partial charge in [-0.25, -0.2) is 0 Å². The molecule has 0 aliphatic carbocycles. The van der Waals surface area contributed by atoms with Crippen LogP contribution in [0.5, 0.6) is 5.75 Å². The molecule has 0 amide bonds. The monoisotopic (exact) mass is 292 g/mol. The number of rotatable bonds is 3. The van der Waals surface area contributed by atoms with Gasteiger partial charge in [0.15, 0.2) is 5.78 Å². The van der Waals surface area contributed by atoms with E-state index >= 15 is 0 Å². The minimum atomic E-state index is -0.0396. The molecule has 2 atom stereocenters. The fourth-order valence-corrected chi connectivity index (χ4v) is 4.51. The number of methoxy groups -OCH3 is 1. The molecule has 1 spiro atoms. The second kappa shape index (κ2) is 5.78. The average molecular weight is 292 g/mol. The van der Waals surface area contributed by atoms with E-state index in [1.165, 1.54) is 0 Å². The van der Waals surface area contributed by atoms with Crippen LogP contribution in [0.4, 0.5) is 0 Å². The van der Waals surface area contributed by atoms with E-state index in [-0.39, 0.29) is 17.3 Å². The van der Waals surface area contributed by atoms with Crippen molar-refractivity contribution in [1.29, 1.82) is 0 Å². The molecule has 2 fully saturated rings. The molecular weight excluding hydrogens is 272 g/mol. The summed E-state index contributed by atoms with van der Waals surface area (Å²) in [4.78, 5) is 12.7. The minimum absolute atomic E-state index is 0.0396. The Balaban J connectivity index is 1.76. The molecule has 2 aliphatic heterocycles. The summed E-state index contributed by atoms with van der Waals surface area (Å²) >= 11 is 1.94. The first kappa shape index (κ1) is 14.0. The lowest BCUT2D eigenvalue weighted by molar-refractivity contribution is -0.0734. The van der Waals surface area contributed by atoms with Crippen LogP contribution in [0.15, 0.2) is 24.3 Å². The van der Waals surface area contributed by atoms with Crippen LogP contribution in [0.25, 0.3) is 0 Å². The molecule has 1 aromatic rings. The molecule has 3 rings (SSSR count). The fourth-order valence-electron chi connectivity index (χ4n) is 3.13. The van der Waals surface area contributed by atoms with E-state index in [0.29, 0.717) is 6.61 Å². The summed E-state index contributed by atoms with van der Waals surface area (Å²) in [5.74, 6) is 3.27. The molecule has 0 N–H and O–H groups in total. The highest BCUT2D eigenvalue weighted by molar-refractivity contribution is 7.99. The van der Waals surface area contributed by atoms with Crippen molar-refractivity contribution in [3.8, 4) is 5.75 Å². The molecule has 20 heavy (non-hydrogen) atoms. The first-order valence-electron chi connectivity index (χ1n) is 7.12. The molecule has 2 unspecified atom stereocenters. The van der Waals surface area contributed by atoms with Crippen molar-refractivity contribution >= 4 is 17.5 Å². The van der Waals surface area contributed by atoms with Crippen LogP contribution in [0.3, 0.4) is 0 Å². The third-order valence-electron chi connectivity index (χ3n) is 4.29. The van der Waals surface area contributed by atoms with Crippen LogP contribution in [0, 0.1) is 5.92 Å². The van der Waals surface area contributed by atoms with Crippen LogP contribution < -0.4 is 4.74 Å². The van der Waals surface area contributed by atoms with Gasteiger partial charge in [0.05, 0.1) is 12.7 Å². The Hall–Kier alpha value is -1.00. The fraction of sp³-hybridized carbons (Fsp3) is 0.562. The standard InChI is InChI=1S/C16H20O3S/c1-18-14-4-2-3-12(9-14)15(17)13-5-7-19-16(10-13)6-8-20-11-16/h2-4,9,13H,5-8,10-11H2,1H3. The van der Waals surface area contributed by atoms with Crippen LogP contribution >= 0.6 is 11.8 Å². The number of carbonyl (C=O) groups is 1. The molecule has 3 nitrogen and oxygen atoms in total. The number of carbonyl (C=O) groups excluding carboxylic acids is 1. The van der Waals surface area contributed by atoms with Gasteiger partial charge in [0.25, 0.3) is 0 Å². The van der Waals surface area contributed by atoms with E-state index in [2.05, 4.69) is 0 Å². The molecule has 108 valence electrons. The number of hydrogen-bond donors (Lipinski definition) is 0. The predicted molar refractivity (Wildman–Crippen MR) is 80.7 cm³/mol. The van der Waals surface area contributed by atoms with Crippen molar-refractivity contribution < 1.29 is 14.3 Å². The molecule has 0 saturated carbocycles. The van der Waals surface area contributed by atoms with Crippen molar-refractivity contribution in [2.75, 3.05) is 25.2 Å². The van der Waals surface area contributed by atoms with Crippen molar-refractivity contribution in [1.82, 2.24) is 0 Å². The van der Waals surface area contributed by atoms with Gasteiger partial charge in [0.2, 0.25) is 0 Å². The molecular formula is C16H20O3S. The second-order valence-electron chi connectivity index (χ2n) is 5.62. The van der Waals surface area contributed by atoms with Gasteiger partial charge in [-0.3, -0.25) is 4.79 Å². The van der Waals surface area contributed by atoms with Crippen molar-refractivity contribution in [2.45, 2.75) is 24.9 Å². The highest BCUT2D eigenvalue weighted by Gasteiger charge is 2.42. The first-order chi connectivity index (χ1) is 9.72. The predicted octanol–water partition coefficient (Wildman–Crippen LogP) is 3.18. The van der Waals surface area contributed by atoms with Gasteiger partial charge < -0.3 is 9.47 Å². The van der Waals surface area contributed by atoms with Crippen molar-refractivity contribution in [2.24, 2.45) is 5.92 Å². The third kappa shape index (κ3) is 2.72. The van der Waals surface area contributed by atoms with E-state index in [1.807, 2.05) is 36.0 Å². The minimum Gasteiger partial charge on any atom is -0.497 e. The average Bonchev–Trinajstić information content (AvgIpc) is 2.94. The summed E-state index contributed by atoms with van der Waals surface area (Å²) in [6.07, 6.45) is 2.79. The van der Waals surface area contributed by atoms with Gasteiger partial charge in [0.1, 0.15) is 5.75 Å². The zero-order chi connectivity index (χ0) is 14.0. The zero-order valence-electron chi connectivity index (χ0n) is 11.8. The molecule has 2 saturated heterocycles. The van der Waals surface area contributed by atoms with E-state index < -0.39 is 0 Å². The van der Waals surface area contributed by atoms with Gasteiger partial charge in [-0.1, -0.05) is 12.1 Å². The van der Waals surface area contributed by atoms with Gasteiger partial charge in [-0.15, -0.1) is 0 Å². The van der Waals surface area contributed by atoms with Crippen LogP contribution in [0.1, 0.15) is 29.6 Å². The Morgan fingerprint density at radius 1 is 1.50 bits per heavy atom. The lowest BCUT2D eigenvalue weighted by Crippen LogP contribution is -2.42. The van der Waals surface area contributed by atoms with Crippen LogP contribution in [0.2, 0.25) is 0 Å². The van der Waals surface area contributed by atoms with E-state index in [9.17, 15) is 4.79 Å². The number of ketones is 1. The molecule has 1 aromatic carbocycles. The highest BCUT2D eigenvalue weighted by atomic mass is 32.2. The van der Waals surface area contributed by atoms with Crippen molar-refractivity contribution in [3.05, 3.63) is 29.8 Å². The second-order valence-corrected chi connectivity index (χ2v) is 6.73. The smallest absolute Gasteiger partial charge is 0.166 e. The Labute approximate surface area is 124 Å².